The highest BCUT2D eigenvalue weighted by Crippen LogP contribution is 2.44. The third-order valence-corrected chi connectivity index (χ3v) is 6.23. The maximum atomic E-state index is 11.1. The number of carbonyl (C=O) groups excluding carboxylic acids is 1. The summed E-state index contributed by atoms with van der Waals surface area (Å²) in [7, 11) is 0. The van der Waals surface area contributed by atoms with Crippen molar-refractivity contribution in [2.24, 2.45) is 0 Å². The lowest BCUT2D eigenvalue weighted by Crippen LogP contribution is -2.51. The van der Waals surface area contributed by atoms with E-state index in [9.17, 15) is 15.0 Å². The van der Waals surface area contributed by atoms with Crippen LogP contribution in [-0.2, 0) is 4.79 Å². The van der Waals surface area contributed by atoms with E-state index in [1.807, 2.05) is 49.4 Å². The van der Waals surface area contributed by atoms with Crippen LogP contribution in [0.15, 0.2) is 42.5 Å². The van der Waals surface area contributed by atoms with Crippen LogP contribution in [0.3, 0.4) is 0 Å². The van der Waals surface area contributed by atoms with E-state index in [2.05, 4.69) is 10.2 Å². The van der Waals surface area contributed by atoms with Crippen LogP contribution in [-0.4, -0.2) is 46.3 Å². The van der Waals surface area contributed by atoms with E-state index in [1.54, 1.807) is 0 Å². The van der Waals surface area contributed by atoms with Crippen molar-refractivity contribution in [1.82, 2.24) is 4.90 Å². The highest BCUT2D eigenvalue weighted by molar-refractivity contribution is 5.88. The van der Waals surface area contributed by atoms with Crippen LogP contribution in [0.2, 0.25) is 0 Å². The molecule has 2 aliphatic rings. The molecule has 2 heterocycles. The smallest absolute Gasteiger partial charge is 0.221 e. The van der Waals surface area contributed by atoms with Crippen LogP contribution in [0.4, 0.5) is 5.69 Å². The first-order valence-electron chi connectivity index (χ1n) is 10.6. The number of carbonyl (C=O) groups is 1. The van der Waals surface area contributed by atoms with Crippen molar-refractivity contribution in [2.45, 2.75) is 50.9 Å². The Balaban J connectivity index is 1.34. The zero-order chi connectivity index (χ0) is 21.3. The molecule has 1 fully saturated rings. The molecule has 6 heteroatoms. The van der Waals surface area contributed by atoms with Crippen LogP contribution in [0, 0.1) is 6.92 Å². The summed E-state index contributed by atoms with van der Waals surface area (Å²) in [5.41, 5.74) is 3.24. The largest absolute Gasteiger partial charge is 0.487 e. The van der Waals surface area contributed by atoms with Gasteiger partial charge in [0.25, 0.3) is 0 Å². The van der Waals surface area contributed by atoms with Gasteiger partial charge in [0.2, 0.25) is 5.91 Å². The van der Waals surface area contributed by atoms with Gasteiger partial charge in [-0.1, -0.05) is 23.8 Å². The number of ether oxygens (including phenoxy) is 1. The van der Waals surface area contributed by atoms with Gasteiger partial charge >= 0.3 is 0 Å². The summed E-state index contributed by atoms with van der Waals surface area (Å²) in [6.45, 7) is 5.67. The molecule has 4 rings (SSSR count). The number of fused-ring (bicyclic) bond motifs is 1. The summed E-state index contributed by atoms with van der Waals surface area (Å²) >= 11 is 0. The van der Waals surface area contributed by atoms with E-state index in [1.165, 1.54) is 6.92 Å². The van der Waals surface area contributed by atoms with Crippen molar-refractivity contribution in [1.29, 1.82) is 0 Å². The van der Waals surface area contributed by atoms with Gasteiger partial charge in [-0.2, -0.15) is 0 Å². The Morgan fingerprint density at radius 3 is 2.60 bits per heavy atom. The molecule has 2 atom stereocenters. The minimum absolute atomic E-state index is 0.113. The zero-order valence-electron chi connectivity index (χ0n) is 17.6. The molecule has 2 aliphatic heterocycles. The Hall–Kier alpha value is -2.41. The second kappa shape index (κ2) is 8.38. The summed E-state index contributed by atoms with van der Waals surface area (Å²) in [4.78, 5) is 13.4. The lowest BCUT2D eigenvalue weighted by molar-refractivity contribution is -0.114. The summed E-state index contributed by atoms with van der Waals surface area (Å²) in [6.07, 6.45) is 1.18. The predicted molar refractivity (Wildman–Crippen MR) is 115 cm³/mol. The first-order chi connectivity index (χ1) is 14.3. The Kier molecular flexibility index (Phi) is 5.82. The van der Waals surface area contributed by atoms with Crippen molar-refractivity contribution in [2.75, 3.05) is 25.0 Å². The molecule has 0 aromatic heterocycles. The predicted octanol–water partition coefficient (Wildman–Crippen LogP) is 3.34. The van der Waals surface area contributed by atoms with Crippen molar-refractivity contribution in [3.63, 3.8) is 0 Å². The number of β-amino-alcohol motifs (C(OH)–C–C–N with tert-alkyl or cyclic N) is 1. The highest BCUT2D eigenvalue weighted by atomic mass is 16.5. The number of aryl methyl sites for hydroxylation is 1. The standard InChI is InChI=1S/C24H30N2O4/c1-16-3-8-23-20(13-16)21(28)14-24(30-23)9-11-26(12-10-24)15-22(29)18-4-6-19(7-5-18)25-17(2)27/h3-8,13,21-22,28-29H,9-12,14-15H2,1-2H3,(H,25,27)/t21-,22+/m0/s1. The summed E-state index contributed by atoms with van der Waals surface area (Å²) in [5, 5.41) is 24.1. The van der Waals surface area contributed by atoms with Gasteiger partial charge in [-0.15, -0.1) is 0 Å². The van der Waals surface area contributed by atoms with Gasteiger partial charge in [0.15, 0.2) is 0 Å². The third kappa shape index (κ3) is 4.51. The van der Waals surface area contributed by atoms with E-state index in [0.717, 1.165) is 54.1 Å². The monoisotopic (exact) mass is 410 g/mol. The number of anilines is 1. The molecule has 1 amide bonds. The van der Waals surface area contributed by atoms with Gasteiger partial charge in [0, 0.05) is 44.2 Å². The Morgan fingerprint density at radius 1 is 1.23 bits per heavy atom. The average molecular weight is 411 g/mol. The molecule has 1 spiro atoms. The first kappa shape index (κ1) is 20.8. The maximum absolute atomic E-state index is 11.1. The zero-order valence-corrected chi connectivity index (χ0v) is 17.6. The van der Waals surface area contributed by atoms with Gasteiger partial charge in [-0.25, -0.2) is 0 Å². The molecule has 160 valence electrons. The number of hydrogen-bond donors (Lipinski definition) is 3. The molecule has 2 aromatic rings. The van der Waals surface area contributed by atoms with Gasteiger partial charge in [0.1, 0.15) is 11.4 Å². The quantitative estimate of drug-likeness (QED) is 0.720. The number of amides is 1. The molecule has 1 saturated heterocycles. The number of benzene rings is 2. The number of rotatable bonds is 4. The van der Waals surface area contributed by atoms with Gasteiger partial charge in [-0.3, -0.25) is 4.79 Å². The summed E-state index contributed by atoms with van der Waals surface area (Å²) in [6, 6.07) is 13.3. The Bertz CT molecular complexity index is 904. The number of nitrogens with zero attached hydrogens (tertiary/aromatic N) is 1. The minimum Gasteiger partial charge on any atom is -0.487 e. The lowest BCUT2D eigenvalue weighted by atomic mass is 9.81. The summed E-state index contributed by atoms with van der Waals surface area (Å²) < 4.78 is 6.38. The molecule has 0 radical (unpaired) electrons. The van der Waals surface area contributed by atoms with E-state index < -0.39 is 12.2 Å². The number of nitrogens with one attached hydrogen (secondary N) is 1. The van der Waals surface area contributed by atoms with Crippen LogP contribution in [0.1, 0.15) is 55.1 Å². The number of likely N-dealkylation sites (tertiary alicyclic amines) is 1. The fourth-order valence-electron chi connectivity index (χ4n) is 4.55. The van der Waals surface area contributed by atoms with Crippen LogP contribution >= 0.6 is 0 Å². The third-order valence-electron chi connectivity index (χ3n) is 6.23. The number of aliphatic hydroxyl groups is 2. The number of aliphatic hydroxyl groups excluding tert-OH is 2. The summed E-state index contributed by atoms with van der Waals surface area (Å²) in [5.74, 6) is 0.686. The molecule has 0 bridgehead atoms. The van der Waals surface area contributed by atoms with E-state index >= 15 is 0 Å². The fraction of sp³-hybridized carbons (Fsp3) is 0.458. The normalized spacial score (nSPS) is 21.5. The second-order valence-electron chi connectivity index (χ2n) is 8.67. The molecular formula is C24H30N2O4. The van der Waals surface area contributed by atoms with E-state index in [4.69, 9.17) is 4.74 Å². The van der Waals surface area contributed by atoms with Crippen molar-refractivity contribution >= 4 is 11.6 Å². The van der Waals surface area contributed by atoms with Gasteiger partial charge in [-0.05, 0) is 49.6 Å². The van der Waals surface area contributed by atoms with Gasteiger partial charge in [0.05, 0.1) is 12.2 Å². The lowest BCUT2D eigenvalue weighted by Gasteiger charge is -2.46. The maximum Gasteiger partial charge on any atom is 0.221 e. The molecule has 2 aromatic carbocycles. The average Bonchev–Trinajstić information content (AvgIpc) is 2.71. The molecule has 0 saturated carbocycles. The fourth-order valence-corrected chi connectivity index (χ4v) is 4.55. The number of piperidine rings is 1. The Labute approximate surface area is 177 Å². The SMILES string of the molecule is CC(=O)Nc1ccc([C@H](O)CN2CCC3(CC2)C[C@H](O)c2cc(C)ccc2O3)cc1. The molecule has 30 heavy (non-hydrogen) atoms. The van der Waals surface area contributed by atoms with E-state index in [-0.39, 0.29) is 11.5 Å². The highest BCUT2D eigenvalue weighted by Gasteiger charge is 2.43. The minimum atomic E-state index is -0.591. The number of hydrogen-bond acceptors (Lipinski definition) is 5. The van der Waals surface area contributed by atoms with Crippen LogP contribution < -0.4 is 10.1 Å². The van der Waals surface area contributed by atoms with Crippen LogP contribution in [0.25, 0.3) is 0 Å². The molecular weight excluding hydrogens is 380 g/mol. The molecule has 0 unspecified atom stereocenters. The van der Waals surface area contributed by atoms with Gasteiger partial charge < -0.3 is 25.2 Å². The van der Waals surface area contributed by atoms with Crippen LogP contribution in [0.5, 0.6) is 5.75 Å². The molecule has 6 nitrogen and oxygen atoms in total. The molecule has 0 aliphatic carbocycles. The molecule has 3 N–H and O–H groups in total. The Morgan fingerprint density at radius 2 is 1.93 bits per heavy atom. The topological polar surface area (TPSA) is 82.0 Å². The first-order valence-corrected chi connectivity index (χ1v) is 10.6. The van der Waals surface area contributed by atoms with Crippen molar-refractivity contribution < 1.29 is 19.7 Å². The van der Waals surface area contributed by atoms with Crippen molar-refractivity contribution in [3.05, 3.63) is 59.2 Å². The van der Waals surface area contributed by atoms with E-state index in [0.29, 0.717) is 13.0 Å². The second-order valence-corrected chi connectivity index (χ2v) is 8.67. The van der Waals surface area contributed by atoms with Crippen molar-refractivity contribution in [3.8, 4) is 5.75 Å².